The van der Waals surface area contributed by atoms with Crippen molar-refractivity contribution in [3.8, 4) is 0 Å². The second kappa shape index (κ2) is 5.49. The fourth-order valence-electron chi connectivity index (χ4n) is 2.08. The second-order valence-corrected chi connectivity index (χ2v) is 6.29. The number of fused-ring (bicyclic) bond motifs is 1. The highest BCUT2D eigenvalue weighted by atomic mass is 35.5. The Balaban J connectivity index is 0.00000162. The summed E-state index contributed by atoms with van der Waals surface area (Å²) < 4.78 is 39.4. The molecule has 0 spiro atoms. The number of hydrogen-bond donors (Lipinski definition) is 0. The van der Waals surface area contributed by atoms with Crippen molar-refractivity contribution in [2.24, 2.45) is 0 Å². The Morgan fingerprint density at radius 2 is 1.83 bits per heavy atom. The molecule has 18 heavy (non-hydrogen) atoms. The Labute approximate surface area is 113 Å². The van der Waals surface area contributed by atoms with Gasteiger partial charge in [0, 0.05) is 24.4 Å². The molecule has 0 N–H and O–H groups in total. The zero-order chi connectivity index (χ0) is 12.6. The average Bonchev–Trinajstić information content (AvgIpc) is 2.53. The third-order valence-corrected chi connectivity index (χ3v) is 4.77. The zero-order valence-electron chi connectivity index (χ0n) is 10.1. The minimum absolute atomic E-state index is 0. The number of benzene rings is 1. The van der Waals surface area contributed by atoms with Crippen molar-refractivity contribution in [3.63, 3.8) is 0 Å². The van der Waals surface area contributed by atoms with Gasteiger partial charge in [0.2, 0.25) is 0 Å². The van der Waals surface area contributed by atoms with E-state index in [1.54, 1.807) is 19.1 Å². The van der Waals surface area contributed by atoms with E-state index in [1.165, 1.54) is 0 Å². The monoisotopic (exact) mass is 294 g/mol. The lowest BCUT2D eigenvalue weighted by molar-refractivity contribution is -0.0867. The highest BCUT2D eigenvalue weighted by Gasteiger charge is 2.46. The van der Waals surface area contributed by atoms with E-state index in [0.29, 0.717) is 9.58 Å². The lowest BCUT2D eigenvalue weighted by atomic mass is 10.1. The quantitative estimate of drug-likeness (QED) is 0.746. The molecule has 1 aromatic heterocycles. The molecule has 2 rings (SSSR count). The first kappa shape index (κ1) is 15.3. The SMILES string of the molecule is CCCc1ccc2cc(C)[s+](C(F)(F)F)c2c1.[Cl-]. The molecule has 0 fully saturated rings. The van der Waals surface area contributed by atoms with Gasteiger partial charge in [-0.3, -0.25) is 0 Å². The minimum atomic E-state index is -4.16. The van der Waals surface area contributed by atoms with Gasteiger partial charge >= 0.3 is 5.51 Å². The van der Waals surface area contributed by atoms with Crippen LogP contribution in [0.25, 0.3) is 10.1 Å². The summed E-state index contributed by atoms with van der Waals surface area (Å²) in [5, 5.41) is 0.725. The lowest BCUT2D eigenvalue weighted by Crippen LogP contribution is -3.00. The average molecular weight is 295 g/mol. The molecule has 0 radical (unpaired) electrons. The summed E-state index contributed by atoms with van der Waals surface area (Å²) in [7, 11) is -1.72. The molecular formula is C13H14ClF3S. The number of alkyl halides is 3. The van der Waals surface area contributed by atoms with Gasteiger partial charge in [-0.25, -0.2) is 0 Å². The van der Waals surface area contributed by atoms with Crippen molar-refractivity contribution in [2.75, 3.05) is 0 Å². The molecule has 0 aliphatic carbocycles. The maximum Gasteiger partial charge on any atom is 0.600 e. The number of halogens is 4. The summed E-state index contributed by atoms with van der Waals surface area (Å²) in [6, 6.07) is 7.11. The van der Waals surface area contributed by atoms with E-state index in [4.69, 9.17) is 0 Å². The van der Waals surface area contributed by atoms with Crippen molar-refractivity contribution in [1.29, 1.82) is 0 Å². The van der Waals surface area contributed by atoms with E-state index in [9.17, 15) is 13.2 Å². The first-order valence-electron chi connectivity index (χ1n) is 5.56. The summed E-state index contributed by atoms with van der Waals surface area (Å²) in [5.41, 5.74) is -3.16. The molecule has 1 atom stereocenters. The van der Waals surface area contributed by atoms with Crippen LogP contribution >= 0.6 is 10.5 Å². The van der Waals surface area contributed by atoms with Crippen molar-refractivity contribution < 1.29 is 25.6 Å². The molecule has 0 bridgehead atoms. The molecule has 0 nitrogen and oxygen atoms in total. The highest BCUT2D eigenvalue weighted by Crippen LogP contribution is 2.50. The van der Waals surface area contributed by atoms with Gasteiger partial charge in [0.25, 0.3) is 0 Å². The molecule has 0 aliphatic heterocycles. The fourth-order valence-corrected chi connectivity index (χ4v) is 3.92. The summed E-state index contributed by atoms with van der Waals surface area (Å²) in [6.07, 6.45) is 1.78. The van der Waals surface area contributed by atoms with Gasteiger partial charge < -0.3 is 12.4 Å². The third-order valence-electron chi connectivity index (χ3n) is 2.75. The summed E-state index contributed by atoms with van der Waals surface area (Å²) in [4.78, 5) is 0.418. The number of hydrogen-bond acceptors (Lipinski definition) is 0. The summed E-state index contributed by atoms with van der Waals surface area (Å²) in [5.74, 6) is 0. The Morgan fingerprint density at radius 1 is 1.17 bits per heavy atom. The Hall–Kier alpha value is -0.740. The van der Waals surface area contributed by atoms with Gasteiger partial charge in [0.05, 0.1) is 10.5 Å². The van der Waals surface area contributed by atoms with Crippen molar-refractivity contribution >= 4 is 20.6 Å². The summed E-state index contributed by atoms with van der Waals surface area (Å²) >= 11 is 0. The van der Waals surface area contributed by atoms with Crippen LogP contribution in [-0.2, 0) is 11.9 Å². The largest absolute Gasteiger partial charge is 1.00 e. The van der Waals surface area contributed by atoms with Crippen LogP contribution in [0.3, 0.4) is 0 Å². The van der Waals surface area contributed by atoms with Crippen LogP contribution < -0.4 is 12.4 Å². The Kier molecular flexibility index (Phi) is 4.67. The van der Waals surface area contributed by atoms with Gasteiger partial charge in [-0.05, 0) is 18.1 Å². The molecular weight excluding hydrogens is 281 g/mol. The number of thiophene rings is 1. The van der Waals surface area contributed by atoms with Crippen molar-refractivity contribution in [3.05, 3.63) is 34.7 Å². The maximum atomic E-state index is 13.0. The normalized spacial score (nSPS) is 12.6. The summed E-state index contributed by atoms with van der Waals surface area (Å²) in [6.45, 7) is 3.59. The predicted octanol–water partition coefficient (Wildman–Crippen LogP) is 2.33. The first-order valence-corrected chi connectivity index (χ1v) is 6.78. The van der Waals surface area contributed by atoms with Gasteiger partial charge in [-0.15, -0.1) is 13.2 Å². The molecule has 2 aromatic rings. The molecule has 1 unspecified atom stereocenters. The van der Waals surface area contributed by atoms with Crippen LogP contribution in [0.5, 0.6) is 0 Å². The maximum absolute atomic E-state index is 13.0. The molecule has 0 saturated carbocycles. The van der Waals surface area contributed by atoms with Crippen LogP contribution in [-0.4, -0.2) is 0 Å². The predicted molar refractivity (Wildman–Crippen MR) is 66.5 cm³/mol. The molecule has 0 amide bonds. The fraction of sp³-hybridized carbons (Fsp3) is 0.385. The Morgan fingerprint density at radius 3 is 2.39 bits per heavy atom. The Bertz CT molecular complexity index is 543. The van der Waals surface area contributed by atoms with Crippen LogP contribution in [0.4, 0.5) is 13.2 Å². The van der Waals surface area contributed by atoms with E-state index in [1.807, 2.05) is 19.1 Å². The first-order chi connectivity index (χ1) is 7.93. The van der Waals surface area contributed by atoms with E-state index in [0.717, 1.165) is 23.8 Å². The highest BCUT2D eigenvalue weighted by molar-refractivity contribution is 7.38. The number of aryl methyl sites for hydroxylation is 2. The molecule has 0 aliphatic rings. The van der Waals surface area contributed by atoms with E-state index < -0.39 is 16.0 Å². The number of rotatable bonds is 2. The van der Waals surface area contributed by atoms with Gasteiger partial charge in [0.15, 0.2) is 9.58 Å². The van der Waals surface area contributed by atoms with E-state index in [2.05, 4.69) is 0 Å². The van der Waals surface area contributed by atoms with Crippen LogP contribution in [0.15, 0.2) is 24.3 Å². The van der Waals surface area contributed by atoms with Gasteiger partial charge in [-0.1, -0.05) is 19.4 Å². The molecule has 1 heterocycles. The van der Waals surface area contributed by atoms with Crippen LogP contribution in [0.2, 0.25) is 0 Å². The lowest BCUT2D eigenvalue weighted by Gasteiger charge is -1.99. The van der Waals surface area contributed by atoms with E-state index in [-0.39, 0.29) is 12.4 Å². The molecule has 100 valence electrons. The molecule has 5 heteroatoms. The molecule has 1 aromatic carbocycles. The van der Waals surface area contributed by atoms with Crippen molar-refractivity contribution in [1.82, 2.24) is 0 Å². The van der Waals surface area contributed by atoms with Crippen molar-refractivity contribution in [2.45, 2.75) is 32.2 Å². The van der Waals surface area contributed by atoms with E-state index >= 15 is 0 Å². The third kappa shape index (κ3) is 2.81. The van der Waals surface area contributed by atoms with Gasteiger partial charge in [-0.2, -0.15) is 0 Å². The topological polar surface area (TPSA) is 0 Å². The van der Waals surface area contributed by atoms with Gasteiger partial charge in [0.1, 0.15) is 0 Å². The zero-order valence-corrected chi connectivity index (χ0v) is 11.7. The standard InChI is InChI=1S/C13H14F3S.ClH/c1-3-4-10-5-6-11-7-9(2)17(12(11)8-10)13(14,15)16;/h5-8H,3-4H2,1-2H3;1H/q+1;/p-1. The minimum Gasteiger partial charge on any atom is -1.00 e. The van der Waals surface area contributed by atoms with Crippen LogP contribution in [0.1, 0.15) is 23.8 Å². The van der Waals surface area contributed by atoms with Crippen LogP contribution in [0, 0.1) is 6.92 Å². The smallest absolute Gasteiger partial charge is 0.600 e. The molecule has 0 saturated heterocycles. The second-order valence-electron chi connectivity index (χ2n) is 4.13.